The molecule has 1 aromatic heterocycles. The molecule has 0 spiro atoms. The molecule has 0 saturated heterocycles. The van der Waals surface area contributed by atoms with Gasteiger partial charge in [-0.1, -0.05) is 31.1 Å². The van der Waals surface area contributed by atoms with Crippen molar-refractivity contribution >= 4 is 23.1 Å². The zero-order chi connectivity index (χ0) is 20.0. The van der Waals surface area contributed by atoms with E-state index < -0.39 is 0 Å². The average molecular weight is 400 g/mol. The van der Waals surface area contributed by atoms with Crippen LogP contribution < -0.4 is 10.6 Å². The first-order valence-corrected chi connectivity index (χ1v) is 10.1. The molecule has 4 nitrogen and oxygen atoms in total. The van der Waals surface area contributed by atoms with E-state index in [1.165, 1.54) is 24.3 Å². The monoisotopic (exact) mass is 399 g/mol. The Morgan fingerprint density at radius 2 is 2.07 bits per heavy atom. The topological polar surface area (TPSA) is 54.0 Å². The van der Waals surface area contributed by atoms with E-state index in [4.69, 9.17) is 12.2 Å². The van der Waals surface area contributed by atoms with E-state index in [2.05, 4.69) is 21.7 Å². The first-order chi connectivity index (χ1) is 13.6. The van der Waals surface area contributed by atoms with Crippen molar-refractivity contribution < 1.29 is 9.18 Å². The number of nitrogens with one attached hydrogen (secondary N) is 2. The molecule has 1 amide bonds. The van der Waals surface area contributed by atoms with E-state index in [1.54, 1.807) is 6.20 Å². The highest BCUT2D eigenvalue weighted by Gasteiger charge is 2.45. The summed E-state index contributed by atoms with van der Waals surface area (Å²) in [7, 11) is 1.88. The second kappa shape index (κ2) is 9.24. The Balaban J connectivity index is 1.73. The third-order valence-electron chi connectivity index (χ3n) is 5.76. The lowest BCUT2D eigenvalue weighted by molar-refractivity contribution is 0.0948. The Hall–Kier alpha value is -2.34. The highest BCUT2D eigenvalue weighted by atomic mass is 32.1. The van der Waals surface area contributed by atoms with Gasteiger partial charge in [0, 0.05) is 37.0 Å². The Morgan fingerprint density at radius 1 is 1.29 bits per heavy atom. The van der Waals surface area contributed by atoms with Crippen molar-refractivity contribution in [3.8, 4) is 0 Å². The first kappa shape index (κ1) is 20.4. The molecule has 28 heavy (non-hydrogen) atoms. The second-order valence-corrected chi connectivity index (χ2v) is 7.69. The second-order valence-electron chi connectivity index (χ2n) is 7.29. The SMILES string of the molecule is CNC(=S)[C@@]1(c2cccnc2)CCCC[C@@H]1CCNC(=O)c1ccc(F)cc1. The fourth-order valence-electron chi connectivity index (χ4n) is 4.36. The molecular weight excluding hydrogens is 373 g/mol. The third-order valence-corrected chi connectivity index (χ3v) is 6.33. The maximum Gasteiger partial charge on any atom is 0.251 e. The van der Waals surface area contributed by atoms with Gasteiger partial charge in [-0.05, 0) is 61.1 Å². The summed E-state index contributed by atoms with van der Waals surface area (Å²) in [6.45, 7) is 0.551. The van der Waals surface area contributed by atoms with Gasteiger partial charge in [-0.2, -0.15) is 0 Å². The van der Waals surface area contributed by atoms with Gasteiger partial charge in [0.1, 0.15) is 5.82 Å². The summed E-state index contributed by atoms with van der Waals surface area (Å²) in [5.41, 5.74) is 1.36. The Labute approximate surface area is 171 Å². The molecule has 2 N–H and O–H groups in total. The predicted octanol–water partition coefficient (Wildman–Crippen LogP) is 4.02. The molecule has 6 heteroatoms. The minimum absolute atomic E-state index is 0.181. The number of hydrogen-bond donors (Lipinski definition) is 2. The number of halogens is 1. The number of pyridine rings is 1. The van der Waals surface area contributed by atoms with E-state index in [0.717, 1.165) is 42.7 Å². The molecule has 0 unspecified atom stereocenters. The highest BCUT2D eigenvalue weighted by Crippen LogP contribution is 2.46. The van der Waals surface area contributed by atoms with Gasteiger partial charge < -0.3 is 10.6 Å². The van der Waals surface area contributed by atoms with Crippen molar-refractivity contribution in [2.24, 2.45) is 5.92 Å². The van der Waals surface area contributed by atoms with E-state index in [-0.39, 0.29) is 17.1 Å². The summed E-state index contributed by atoms with van der Waals surface area (Å²) in [6, 6.07) is 9.66. The summed E-state index contributed by atoms with van der Waals surface area (Å²) in [4.78, 5) is 17.5. The lowest BCUT2D eigenvalue weighted by Gasteiger charge is -2.45. The van der Waals surface area contributed by atoms with Gasteiger partial charge in [0.15, 0.2) is 0 Å². The van der Waals surface area contributed by atoms with Gasteiger partial charge in [-0.15, -0.1) is 0 Å². The zero-order valence-corrected chi connectivity index (χ0v) is 16.9. The molecule has 0 bridgehead atoms. The normalized spacial score (nSPS) is 21.7. The Morgan fingerprint density at radius 3 is 2.75 bits per heavy atom. The van der Waals surface area contributed by atoms with Crippen LogP contribution in [0.25, 0.3) is 0 Å². The Kier molecular flexibility index (Phi) is 6.73. The van der Waals surface area contributed by atoms with Crippen LogP contribution in [0.3, 0.4) is 0 Å². The first-order valence-electron chi connectivity index (χ1n) is 9.74. The van der Waals surface area contributed by atoms with Crippen LogP contribution >= 0.6 is 12.2 Å². The molecule has 1 heterocycles. The van der Waals surface area contributed by atoms with Gasteiger partial charge in [0.2, 0.25) is 0 Å². The maximum absolute atomic E-state index is 13.0. The Bertz CT molecular complexity index is 812. The number of nitrogens with zero attached hydrogens (tertiary/aromatic N) is 1. The smallest absolute Gasteiger partial charge is 0.251 e. The molecule has 2 aromatic rings. The van der Waals surface area contributed by atoms with Crippen LogP contribution in [0.1, 0.15) is 48.0 Å². The van der Waals surface area contributed by atoms with Gasteiger partial charge in [-0.25, -0.2) is 4.39 Å². The number of likely N-dealkylation sites (N-methyl/N-ethyl adjacent to an activating group) is 1. The van der Waals surface area contributed by atoms with Crippen LogP contribution in [-0.2, 0) is 5.41 Å². The number of aromatic nitrogens is 1. The lowest BCUT2D eigenvalue weighted by atomic mass is 9.61. The summed E-state index contributed by atoms with van der Waals surface area (Å²) < 4.78 is 13.0. The molecule has 0 aliphatic heterocycles. The van der Waals surface area contributed by atoms with E-state index in [1.807, 2.05) is 19.3 Å². The van der Waals surface area contributed by atoms with Crippen LogP contribution in [-0.4, -0.2) is 29.5 Å². The fourth-order valence-corrected chi connectivity index (χ4v) is 4.75. The van der Waals surface area contributed by atoms with Crippen LogP contribution in [0.4, 0.5) is 4.39 Å². The van der Waals surface area contributed by atoms with Crippen LogP contribution in [0.15, 0.2) is 48.8 Å². The van der Waals surface area contributed by atoms with Crippen molar-refractivity contribution in [2.75, 3.05) is 13.6 Å². The molecule has 148 valence electrons. The number of thiocarbonyl (C=S) groups is 1. The fraction of sp³-hybridized carbons (Fsp3) is 0.409. The van der Waals surface area contributed by atoms with Gasteiger partial charge in [-0.3, -0.25) is 9.78 Å². The van der Waals surface area contributed by atoms with Crippen molar-refractivity contribution in [2.45, 2.75) is 37.5 Å². The molecule has 1 aromatic carbocycles. The summed E-state index contributed by atoms with van der Waals surface area (Å²) in [5.74, 6) is -0.210. The minimum Gasteiger partial charge on any atom is -0.382 e. The molecule has 1 aliphatic rings. The van der Waals surface area contributed by atoms with Crippen molar-refractivity contribution in [3.63, 3.8) is 0 Å². The maximum atomic E-state index is 13.0. The molecule has 0 radical (unpaired) electrons. The molecule has 2 atom stereocenters. The van der Waals surface area contributed by atoms with Gasteiger partial charge >= 0.3 is 0 Å². The zero-order valence-electron chi connectivity index (χ0n) is 16.1. The van der Waals surface area contributed by atoms with Crippen molar-refractivity contribution in [3.05, 3.63) is 65.7 Å². The summed E-state index contributed by atoms with van der Waals surface area (Å²) >= 11 is 5.78. The number of carbonyl (C=O) groups is 1. The predicted molar refractivity (Wildman–Crippen MR) is 113 cm³/mol. The van der Waals surface area contributed by atoms with E-state index in [0.29, 0.717) is 18.0 Å². The number of amides is 1. The molecule has 1 fully saturated rings. The summed E-state index contributed by atoms with van der Waals surface area (Å²) in [5, 5.41) is 6.19. The quantitative estimate of drug-likeness (QED) is 0.721. The minimum atomic E-state index is -0.347. The highest BCUT2D eigenvalue weighted by molar-refractivity contribution is 7.80. The molecular formula is C22H26FN3OS. The third kappa shape index (κ3) is 4.22. The molecule has 3 rings (SSSR count). The van der Waals surface area contributed by atoms with Crippen molar-refractivity contribution in [1.29, 1.82) is 0 Å². The molecule has 1 aliphatic carbocycles. The summed E-state index contributed by atoms with van der Waals surface area (Å²) in [6.07, 6.45) is 8.83. The number of hydrogen-bond acceptors (Lipinski definition) is 3. The van der Waals surface area contributed by atoms with E-state index in [9.17, 15) is 9.18 Å². The molecule has 1 saturated carbocycles. The van der Waals surface area contributed by atoms with E-state index >= 15 is 0 Å². The van der Waals surface area contributed by atoms with Gasteiger partial charge in [0.25, 0.3) is 5.91 Å². The largest absolute Gasteiger partial charge is 0.382 e. The number of benzene rings is 1. The van der Waals surface area contributed by atoms with Crippen LogP contribution in [0, 0.1) is 11.7 Å². The van der Waals surface area contributed by atoms with Crippen LogP contribution in [0.5, 0.6) is 0 Å². The standard InChI is InChI=1S/C22H26FN3OS/c1-24-21(28)22(18-6-4-13-25-15-18)12-3-2-5-17(22)11-14-26-20(27)16-7-9-19(23)10-8-16/h4,6-10,13,15,17H,2-3,5,11-12,14H2,1H3,(H,24,28)(H,26,27)/t17-,22+/m1/s1. The number of carbonyl (C=O) groups excluding carboxylic acids is 1. The van der Waals surface area contributed by atoms with Gasteiger partial charge in [0.05, 0.1) is 4.99 Å². The number of rotatable bonds is 6. The lowest BCUT2D eigenvalue weighted by Crippen LogP contribution is -2.50. The van der Waals surface area contributed by atoms with Crippen molar-refractivity contribution in [1.82, 2.24) is 15.6 Å². The average Bonchev–Trinajstić information content (AvgIpc) is 2.74. The van der Waals surface area contributed by atoms with Crippen LogP contribution in [0.2, 0.25) is 0 Å².